The van der Waals surface area contributed by atoms with Crippen LogP contribution in [-0.4, -0.2) is 24.6 Å². The molecule has 0 amide bonds. The highest BCUT2D eigenvalue weighted by Gasteiger charge is 2.10. The van der Waals surface area contributed by atoms with Crippen molar-refractivity contribution in [2.24, 2.45) is 5.73 Å². The minimum atomic E-state index is 0.447. The third-order valence-electron chi connectivity index (χ3n) is 2.17. The number of hydrogen-bond acceptors (Lipinski definition) is 6. The Morgan fingerprint density at radius 1 is 1.38 bits per heavy atom. The van der Waals surface area contributed by atoms with E-state index in [0.29, 0.717) is 18.0 Å². The zero-order valence-electron chi connectivity index (χ0n) is 8.24. The first-order valence-electron chi connectivity index (χ1n) is 4.68. The SMILES string of the molecule is NCc1nc(-c2nnc3cnccn23)cs1. The zero-order valence-corrected chi connectivity index (χ0v) is 9.05. The van der Waals surface area contributed by atoms with Crippen LogP contribution in [0, 0.1) is 0 Å². The normalized spacial score (nSPS) is 11.1. The molecule has 0 aliphatic carbocycles. The highest BCUT2D eigenvalue weighted by Crippen LogP contribution is 2.20. The Bertz CT molecular complexity index is 628. The minimum Gasteiger partial charge on any atom is -0.325 e. The Morgan fingerprint density at radius 2 is 2.31 bits per heavy atom. The number of rotatable bonds is 2. The molecule has 0 unspecified atom stereocenters. The fourth-order valence-electron chi connectivity index (χ4n) is 1.44. The monoisotopic (exact) mass is 232 g/mol. The largest absolute Gasteiger partial charge is 0.325 e. The Balaban J connectivity index is 2.18. The Kier molecular flexibility index (Phi) is 2.12. The average Bonchev–Trinajstić information content (AvgIpc) is 2.94. The molecule has 0 aromatic carbocycles. The van der Waals surface area contributed by atoms with Crippen LogP contribution in [0.3, 0.4) is 0 Å². The molecular formula is C9H8N6S. The van der Waals surface area contributed by atoms with Crippen LogP contribution in [0.1, 0.15) is 5.01 Å². The maximum atomic E-state index is 5.52. The van der Waals surface area contributed by atoms with E-state index in [-0.39, 0.29) is 0 Å². The van der Waals surface area contributed by atoms with E-state index in [2.05, 4.69) is 20.2 Å². The van der Waals surface area contributed by atoms with E-state index in [0.717, 1.165) is 10.7 Å². The molecule has 6 nitrogen and oxygen atoms in total. The maximum Gasteiger partial charge on any atom is 0.187 e. The molecule has 0 saturated heterocycles. The second-order valence-electron chi connectivity index (χ2n) is 3.16. The molecule has 0 saturated carbocycles. The molecular weight excluding hydrogens is 224 g/mol. The van der Waals surface area contributed by atoms with Crippen molar-refractivity contribution in [1.29, 1.82) is 0 Å². The smallest absolute Gasteiger partial charge is 0.187 e. The molecule has 0 aliphatic heterocycles. The zero-order chi connectivity index (χ0) is 11.0. The van der Waals surface area contributed by atoms with Gasteiger partial charge in [0.05, 0.1) is 6.20 Å². The molecule has 80 valence electrons. The van der Waals surface area contributed by atoms with Crippen LogP contribution in [-0.2, 0) is 6.54 Å². The maximum absolute atomic E-state index is 5.52. The topological polar surface area (TPSA) is 82.0 Å². The molecule has 0 radical (unpaired) electrons. The first-order valence-corrected chi connectivity index (χ1v) is 5.56. The van der Waals surface area contributed by atoms with E-state index in [1.54, 1.807) is 12.4 Å². The highest BCUT2D eigenvalue weighted by atomic mass is 32.1. The lowest BCUT2D eigenvalue weighted by Gasteiger charge is -1.94. The molecule has 3 aromatic rings. The number of hydrogen-bond donors (Lipinski definition) is 1. The Hall–Kier alpha value is -1.86. The van der Waals surface area contributed by atoms with Crippen LogP contribution < -0.4 is 5.73 Å². The van der Waals surface area contributed by atoms with Gasteiger partial charge in [0.2, 0.25) is 0 Å². The van der Waals surface area contributed by atoms with Gasteiger partial charge in [0.1, 0.15) is 10.7 Å². The van der Waals surface area contributed by atoms with Gasteiger partial charge in [-0.15, -0.1) is 21.5 Å². The van der Waals surface area contributed by atoms with Gasteiger partial charge in [-0.05, 0) is 0 Å². The summed E-state index contributed by atoms with van der Waals surface area (Å²) in [5.74, 6) is 0.716. The van der Waals surface area contributed by atoms with Crippen LogP contribution in [0.4, 0.5) is 0 Å². The first-order chi connectivity index (χ1) is 7.88. The predicted molar refractivity (Wildman–Crippen MR) is 59.8 cm³/mol. The van der Waals surface area contributed by atoms with Gasteiger partial charge in [-0.25, -0.2) is 4.98 Å². The molecule has 3 aromatic heterocycles. The molecule has 7 heteroatoms. The van der Waals surface area contributed by atoms with Crippen LogP contribution in [0.2, 0.25) is 0 Å². The second-order valence-corrected chi connectivity index (χ2v) is 4.10. The fraction of sp³-hybridized carbons (Fsp3) is 0.111. The average molecular weight is 232 g/mol. The minimum absolute atomic E-state index is 0.447. The van der Waals surface area contributed by atoms with Crippen molar-refractivity contribution in [3.63, 3.8) is 0 Å². The third-order valence-corrected chi connectivity index (χ3v) is 3.04. The number of fused-ring (bicyclic) bond motifs is 1. The fourth-order valence-corrected chi connectivity index (χ4v) is 2.09. The van der Waals surface area contributed by atoms with E-state index >= 15 is 0 Å². The highest BCUT2D eigenvalue weighted by molar-refractivity contribution is 7.09. The summed E-state index contributed by atoms with van der Waals surface area (Å²) in [5.41, 5.74) is 7.03. The molecule has 0 bridgehead atoms. The van der Waals surface area contributed by atoms with Crippen molar-refractivity contribution in [1.82, 2.24) is 24.6 Å². The summed E-state index contributed by atoms with van der Waals surface area (Å²) in [5, 5.41) is 10.9. The van der Waals surface area contributed by atoms with Gasteiger partial charge in [0.25, 0.3) is 0 Å². The van der Waals surface area contributed by atoms with Gasteiger partial charge in [-0.1, -0.05) is 0 Å². The molecule has 3 rings (SSSR count). The lowest BCUT2D eigenvalue weighted by molar-refractivity contribution is 1.02. The second kappa shape index (κ2) is 3.62. The van der Waals surface area contributed by atoms with E-state index in [4.69, 9.17) is 5.73 Å². The third kappa shape index (κ3) is 1.37. The quantitative estimate of drug-likeness (QED) is 0.703. The van der Waals surface area contributed by atoms with E-state index < -0.39 is 0 Å². The van der Waals surface area contributed by atoms with E-state index in [9.17, 15) is 0 Å². The first kappa shape index (κ1) is 9.37. The summed E-state index contributed by atoms with van der Waals surface area (Å²) in [6, 6.07) is 0. The van der Waals surface area contributed by atoms with Crippen molar-refractivity contribution in [2.45, 2.75) is 6.54 Å². The molecule has 0 atom stereocenters. The van der Waals surface area contributed by atoms with Crippen LogP contribution in [0.15, 0.2) is 24.0 Å². The van der Waals surface area contributed by atoms with Crippen molar-refractivity contribution < 1.29 is 0 Å². The number of nitrogens with two attached hydrogens (primary N) is 1. The molecule has 0 spiro atoms. The lowest BCUT2D eigenvalue weighted by atomic mass is 10.4. The van der Waals surface area contributed by atoms with Gasteiger partial charge in [0.15, 0.2) is 11.5 Å². The number of aromatic nitrogens is 5. The molecule has 2 N–H and O–H groups in total. The van der Waals surface area contributed by atoms with Gasteiger partial charge in [-0.3, -0.25) is 9.38 Å². The Labute approximate surface area is 94.8 Å². The summed E-state index contributed by atoms with van der Waals surface area (Å²) >= 11 is 1.52. The summed E-state index contributed by atoms with van der Waals surface area (Å²) in [4.78, 5) is 8.35. The molecule has 3 heterocycles. The van der Waals surface area contributed by atoms with E-state index in [1.165, 1.54) is 11.3 Å². The Morgan fingerprint density at radius 3 is 3.12 bits per heavy atom. The van der Waals surface area contributed by atoms with Gasteiger partial charge in [-0.2, -0.15) is 0 Å². The van der Waals surface area contributed by atoms with Gasteiger partial charge in [0, 0.05) is 24.3 Å². The standard InChI is InChI=1S/C9H8N6S/c10-3-8-12-6(5-16-8)9-14-13-7-4-11-1-2-15(7)9/h1-2,4-5H,3,10H2. The van der Waals surface area contributed by atoms with Gasteiger partial charge >= 0.3 is 0 Å². The van der Waals surface area contributed by atoms with Gasteiger partial charge < -0.3 is 5.73 Å². The summed E-state index contributed by atoms with van der Waals surface area (Å²) in [6.45, 7) is 0.447. The van der Waals surface area contributed by atoms with Crippen LogP contribution in [0.25, 0.3) is 17.2 Å². The van der Waals surface area contributed by atoms with Crippen molar-refractivity contribution in [3.05, 3.63) is 29.0 Å². The van der Waals surface area contributed by atoms with E-state index in [1.807, 2.05) is 16.0 Å². The van der Waals surface area contributed by atoms with Crippen LogP contribution >= 0.6 is 11.3 Å². The number of thiazole rings is 1. The van der Waals surface area contributed by atoms with Crippen molar-refractivity contribution in [3.8, 4) is 11.5 Å². The summed E-state index contributed by atoms with van der Waals surface area (Å²) in [7, 11) is 0. The number of nitrogens with zero attached hydrogens (tertiary/aromatic N) is 5. The molecule has 16 heavy (non-hydrogen) atoms. The summed E-state index contributed by atoms with van der Waals surface area (Å²) < 4.78 is 1.85. The lowest BCUT2D eigenvalue weighted by Crippen LogP contribution is -1.95. The van der Waals surface area contributed by atoms with Crippen molar-refractivity contribution >= 4 is 17.0 Å². The predicted octanol–water partition coefficient (Wildman–Crippen LogP) is 0.706. The molecule has 0 aliphatic rings. The van der Waals surface area contributed by atoms with Crippen LogP contribution in [0.5, 0.6) is 0 Å². The van der Waals surface area contributed by atoms with Crippen molar-refractivity contribution in [2.75, 3.05) is 0 Å². The molecule has 0 fully saturated rings. The summed E-state index contributed by atoms with van der Waals surface area (Å²) in [6.07, 6.45) is 5.16.